The van der Waals surface area contributed by atoms with E-state index in [0.717, 1.165) is 43.9 Å². The first kappa shape index (κ1) is 18.2. The van der Waals surface area contributed by atoms with Crippen molar-refractivity contribution in [3.8, 4) is 0 Å². The highest BCUT2D eigenvalue weighted by Crippen LogP contribution is 2.73. The van der Waals surface area contributed by atoms with Gasteiger partial charge in [0.05, 0.1) is 6.10 Å². The van der Waals surface area contributed by atoms with Crippen molar-refractivity contribution >= 4 is 5.78 Å². The molecule has 0 bridgehead atoms. The first-order valence-electron chi connectivity index (χ1n) is 11.4. The number of carbonyl (C=O) groups excluding carboxylic acids is 1. The van der Waals surface area contributed by atoms with E-state index in [1.165, 1.54) is 25.7 Å². The van der Waals surface area contributed by atoms with E-state index in [-0.39, 0.29) is 16.9 Å². The molecule has 8 atom stereocenters. The van der Waals surface area contributed by atoms with Crippen molar-refractivity contribution in [3.63, 3.8) is 0 Å². The summed E-state index contributed by atoms with van der Waals surface area (Å²) in [6.07, 6.45) is 17.0. The number of hydrogen-bond acceptors (Lipinski definition) is 2. The molecule has 0 aromatic rings. The molecule has 3 fully saturated rings. The minimum atomic E-state index is -0.129. The number of allylic oxidation sites excluding steroid dienone is 3. The minimum Gasteiger partial charge on any atom is -0.393 e. The Morgan fingerprint density at radius 2 is 1.93 bits per heavy atom. The summed E-state index contributed by atoms with van der Waals surface area (Å²) < 4.78 is 0. The van der Waals surface area contributed by atoms with Crippen molar-refractivity contribution in [2.45, 2.75) is 84.7 Å². The molecule has 0 saturated heterocycles. The molecule has 5 aliphatic carbocycles. The van der Waals surface area contributed by atoms with Gasteiger partial charge in [0.1, 0.15) is 5.78 Å². The SMILES string of the molecule is CC(=O)[C@@]12CC=CC[C@@H]1C[C@H]1[C@@H]3CC=C4C[C@@H](O)CC[C@]4(C)[C@H]3CC[C@@]12C. The number of carbonyl (C=O) groups is 1. The standard InChI is InChI=1S/C25H36O2/c1-16(26)25-11-5-4-6-18(25)15-22-20-8-7-17-14-19(27)9-12-23(17,2)21(20)10-13-24(22,25)3/h4-5,7,18-22,27H,6,8-15H2,1-3H3/t18-,19+,20-,21+,22+,23+,24+,25+/m1/s1. The van der Waals surface area contributed by atoms with Gasteiger partial charge < -0.3 is 5.11 Å². The second-order valence-corrected chi connectivity index (χ2v) is 11.0. The maximum absolute atomic E-state index is 13.1. The molecule has 3 saturated carbocycles. The predicted octanol–water partition coefficient (Wildman–Crippen LogP) is 5.46. The highest BCUT2D eigenvalue weighted by atomic mass is 16.3. The molecule has 0 amide bonds. The third-order valence-electron chi connectivity index (χ3n) is 10.4. The van der Waals surface area contributed by atoms with Crippen LogP contribution in [0.1, 0.15) is 78.6 Å². The number of ketones is 1. The van der Waals surface area contributed by atoms with Gasteiger partial charge in [-0.3, -0.25) is 4.79 Å². The highest BCUT2D eigenvalue weighted by molar-refractivity contribution is 5.85. The van der Waals surface area contributed by atoms with E-state index in [4.69, 9.17) is 0 Å². The Hall–Kier alpha value is -0.890. The van der Waals surface area contributed by atoms with E-state index in [0.29, 0.717) is 23.0 Å². The van der Waals surface area contributed by atoms with Crippen molar-refractivity contribution in [3.05, 3.63) is 23.8 Å². The van der Waals surface area contributed by atoms with Gasteiger partial charge in [-0.25, -0.2) is 0 Å². The zero-order valence-corrected chi connectivity index (χ0v) is 17.3. The van der Waals surface area contributed by atoms with Gasteiger partial charge in [-0.1, -0.05) is 37.6 Å². The molecule has 5 aliphatic rings. The van der Waals surface area contributed by atoms with Gasteiger partial charge in [0.2, 0.25) is 0 Å². The quantitative estimate of drug-likeness (QED) is 0.624. The summed E-state index contributed by atoms with van der Waals surface area (Å²) in [6.45, 7) is 6.86. The average molecular weight is 369 g/mol. The molecule has 1 N–H and O–H groups in total. The molecule has 0 spiro atoms. The third-order valence-corrected chi connectivity index (χ3v) is 10.4. The van der Waals surface area contributed by atoms with Crippen LogP contribution < -0.4 is 0 Å². The van der Waals surface area contributed by atoms with E-state index >= 15 is 0 Å². The molecule has 0 radical (unpaired) electrons. The third kappa shape index (κ3) is 2.14. The van der Waals surface area contributed by atoms with Crippen LogP contribution in [0.2, 0.25) is 0 Å². The van der Waals surface area contributed by atoms with Crippen LogP contribution >= 0.6 is 0 Å². The van der Waals surface area contributed by atoms with E-state index < -0.39 is 0 Å². The number of fused-ring (bicyclic) bond motifs is 7. The molecule has 27 heavy (non-hydrogen) atoms. The first-order valence-corrected chi connectivity index (χ1v) is 11.4. The summed E-state index contributed by atoms with van der Waals surface area (Å²) in [5.41, 5.74) is 1.90. The zero-order chi connectivity index (χ0) is 19.0. The average Bonchev–Trinajstić information content (AvgIpc) is 2.92. The van der Waals surface area contributed by atoms with Gasteiger partial charge >= 0.3 is 0 Å². The van der Waals surface area contributed by atoms with Gasteiger partial charge in [-0.2, -0.15) is 0 Å². The molecule has 148 valence electrons. The van der Waals surface area contributed by atoms with Gasteiger partial charge in [-0.15, -0.1) is 0 Å². The van der Waals surface area contributed by atoms with Crippen LogP contribution in [0.3, 0.4) is 0 Å². The summed E-state index contributed by atoms with van der Waals surface area (Å²) >= 11 is 0. The fraction of sp³-hybridized carbons (Fsp3) is 0.800. The van der Waals surface area contributed by atoms with Gasteiger partial charge in [0, 0.05) is 5.41 Å². The maximum Gasteiger partial charge on any atom is 0.137 e. The van der Waals surface area contributed by atoms with Crippen LogP contribution in [0.4, 0.5) is 0 Å². The summed E-state index contributed by atoms with van der Waals surface area (Å²) in [5, 5.41) is 10.2. The molecule has 2 nitrogen and oxygen atoms in total. The number of aliphatic hydroxyl groups excluding tert-OH is 1. The smallest absolute Gasteiger partial charge is 0.137 e. The van der Waals surface area contributed by atoms with E-state index in [2.05, 4.69) is 32.1 Å². The summed E-state index contributed by atoms with van der Waals surface area (Å²) in [5.74, 6) is 3.18. The molecule has 0 heterocycles. The maximum atomic E-state index is 13.1. The van der Waals surface area contributed by atoms with Crippen LogP contribution in [0.5, 0.6) is 0 Å². The van der Waals surface area contributed by atoms with Crippen LogP contribution in [-0.2, 0) is 4.79 Å². The summed E-state index contributed by atoms with van der Waals surface area (Å²) in [7, 11) is 0. The molecule has 5 rings (SSSR count). The topological polar surface area (TPSA) is 37.3 Å². The number of rotatable bonds is 1. The van der Waals surface area contributed by atoms with E-state index in [1.807, 2.05) is 6.92 Å². The van der Waals surface area contributed by atoms with Crippen LogP contribution in [0.25, 0.3) is 0 Å². The lowest BCUT2D eigenvalue weighted by atomic mass is 9.44. The predicted molar refractivity (Wildman–Crippen MR) is 108 cm³/mol. The van der Waals surface area contributed by atoms with Crippen LogP contribution in [-0.4, -0.2) is 17.0 Å². The Balaban J connectivity index is 1.54. The Labute approximate surface area is 164 Å². The van der Waals surface area contributed by atoms with Crippen molar-refractivity contribution in [2.24, 2.45) is 39.9 Å². The van der Waals surface area contributed by atoms with Gasteiger partial charge in [0.15, 0.2) is 0 Å². The second-order valence-electron chi connectivity index (χ2n) is 11.0. The number of aliphatic hydroxyl groups is 1. The van der Waals surface area contributed by atoms with Crippen molar-refractivity contribution in [1.29, 1.82) is 0 Å². The van der Waals surface area contributed by atoms with E-state index in [9.17, 15) is 9.90 Å². The zero-order valence-electron chi connectivity index (χ0n) is 17.3. The Kier molecular flexibility index (Phi) is 3.91. The fourth-order valence-electron chi connectivity index (χ4n) is 8.98. The Morgan fingerprint density at radius 1 is 1.11 bits per heavy atom. The van der Waals surface area contributed by atoms with Crippen molar-refractivity contribution in [1.82, 2.24) is 0 Å². The largest absolute Gasteiger partial charge is 0.393 e. The molecular formula is C25H36O2. The minimum absolute atomic E-state index is 0.106. The fourth-order valence-corrected chi connectivity index (χ4v) is 8.98. The van der Waals surface area contributed by atoms with E-state index in [1.54, 1.807) is 5.57 Å². The molecule has 2 heteroatoms. The molecular weight excluding hydrogens is 332 g/mol. The summed E-state index contributed by atoms with van der Waals surface area (Å²) in [4.78, 5) is 13.1. The van der Waals surface area contributed by atoms with Crippen molar-refractivity contribution < 1.29 is 9.90 Å². The number of hydrogen-bond donors (Lipinski definition) is 1. The van der Waals surface area contributed by atoms with Gasteiger partial charge in [0.25, 0.3) is 0 Å². The Morgan fingerprint density at radius 3 is 2.70 bits per heavy atom. The lowest BCUT2D eigenvalue weighted by molar-refractivity contribution is -0.144. The highest BCUT2D eigenvalue weighted by Gasteiger charge is 2.68. The monoisotopic (exact) mass is 368 g/mol. The lowest BCUT2D eigenvalue weighted by Crippen LogP contribution is -2.54. The lowest BCUT2D eigenvalue weighted by Gasteiger charge is -2.60. The first-order chi connectivity index (χ1) is 12.8. The van der Waals surface area contributed by atoms with Crippen LogP contribution in [0.15, 0.2) is 23.8 Å². The van der Waals surface area contributed by atoms with Crippen molar-refractivity contribution in [2.75, 3.05) is 0 Å². The second kappa shape index (κ2) is 5.81. The normalized spacial score (nSPS) is 53.6. The van der Waals surface area contributed by atoms with Crippen LogP contribution in [0, 0.1) is 39.9 Å². The number of Topliss-reactive ketones (excluding diaryl/α,β-unsaturated/α-hetero) is 1. The summed E-state index contributed by atoms with van der Waals surface area (Å²) in [6, 6.07) is 0. The van der Waals surface area contributed by atoms with Gasteiger partial charge in [-0.05, 0) is 99.2 Å². The molecule has 0 aromatic heterocycles. The molecule has 0 aromatic carbocycles. The molecule has 0 aliphatic heterocycles. The Bertz CT molecular complexity index is 720. The molecule has 0 unspecified atom stereocenters.